The normalized spacial score (nSPS) is 11.2. The zero-order chi connectivity index (χ0) is 13.1. The number of sulfone groups is 1. The number of carbonyl (C=O) groups is 1. The number of anilines is 1. The molecule has 7 heteroatoms. The van der Waals surface area contributed by atoms with E-state index < -0.39 is 9.84 Å². The van der Waals surface area contributed by atoms with E-state index in [-0.39, 0.29) is 18.2 Å². The van der Waals surface area contributed by atoms with Crippen LogP contribution in [0.25, 0.3) is 0 Å². The summed E-state index contributed by atoms with van der Waals surface area (Å²) < 4.78 is 22.5. The number of amides is 1. The lowest BCUT2D eigenvalue weighted by molar-refractivity contribution is 0.0956. The highest BCUT2D eigenvalue weighted by Crippen LogP contribution is 2.17. The van der Waals surface area contributed by atoms with Gasteiger partial charge in [-0.2, -0.15) is 0 Å². The first-order chi connectivity index (χ1) is 7.78. The Kier molecular flexibility index (Phi) is 4.53. The summed E-state index contributed by atoms with van der Waals surface area (Å²) in [6.07, 6.45) is 1.12. The fourth-order valence-corrected chi connectivity index (χ4v) is 2.18. The monoisotopic (exact) mass is 320 g/mol. The van der Waals surface area contributed by atoms with Crippen LogP contribution < -0.4 is 11.1 Å². The van der Waals surface area contributed by atoms with Gasteiger partial charge in [0.25, 0.3) is 5.91 Å². The average molecular weight is 321 g/mol. The summed E-state index contributed by atoms with van der Waals surface area (Å²) in [7, 11) is -3.07. The number of nitrogens with two attached hydrogens (primary N) is 1. The van der Waals surface area contributed by atoms with Gasteiger partial charge in [-0.1, -0.05) is 15.9 Å². The molecule has 94 valence electrons. The molecule has 0 fully saturated rings. The van der Waals surface area contributed by atoms with Gasteiger partial charge in [0.05, 0.1) is 5.75 Å². The highest BCUT2D eigenvalue weighted by atomic mass is 79.9. The molecule has 17 heavy (non-hydrogen) atoms. The molecule has 0 unspecified atom stereocenters. The van der Waals surface area contributed by atoms with Crippen molar-refractivity contribution >= 4 is 37.4 Å². The van der Waals surface area contributed by atoms with Crippen LogP contribution in [-0.4, -0.2) is 32.9 Å². The van der Waals surface area contributed by atoms with Gasteiger partial charge in [0.1, 0.15) is 9.84 Å². The smallest absolute Gasteiger partial charge is 0.251 e. The zero-order valence-electron chi connectivity index (χ0n) is 9.23. The fraction of sp³-hybridized carbons (Fsp3) is 0.300. The van der Waals surface area contributed by atoms with Gasteiger partial charge in [0.2, 0.25) is 0 Å². The predicted molar refractivity (Wildman–Crippen MR) is 70.6 cm³/mol. The van der Waals surface area contributed by atoms with Crippen molar-refractivity contribution in [2.75, 3.05) is 24.3 Å². The van der Waals surface area contributed by atoms with Gasteiger partial charge in [-0.05, 0) is 18.2 Å². The summed E-state index contributed by atoms with van der Waals surface area (Å²) in [6.45, 7) is 0.0874. The predicted octanol–water partition coefficient (Wildman–Crippen LogP) is 0.806. The summed E-state index contributed by atoms with van der Waals surface area (Å²) in [6, 6.07) is 4.82. The number of rotatable bonds is 4. The number of hydrogen-bond acceptors (Lipinski definition) is 4. The van der Waals surface area contributed by atoms with E-state index >= 15 is 0 Å². The van der Waals surface area contributed by atoms with Crippen LogP contribution in [0, 0.1) is 0 Å². The van der Waals surface area contributed by atoms with Crippen LogP contribution in [0.1, 0.15) is 10.4 Å². The van der Waals surface area contributed by atoms with E-state index in [0.717, 1.165) is 6.26 Å². The van der Waals surface area contributed by atoms with Gasteiger partial charge in [0.15, 0.2) is 0 Å². The summed E-state index contributed by atoms with van der Waals surface area (Å²) in [4.78, 5) is 11.7. The zero-order valence-corrected chi connectivity index (χ0v) is 11.6. The van der Waals surface area contributed by atoms with Crippen molar-refractivity contribution in [3.63, 3.8) is 0 Å². The minimum atomic E-state index is -3.07. The van der Waals surface area contributed by atoms with E-state index in [2.05, 4.69) is 21.2 Å². The molecule has 3 N–H and O–H groups in total. The van der Waals surface area contributed by atoms with E-state index in [0.29, 0.717) is 15.7 Å². The molecule has 0 aromatic heterocycles. The molecule has 1 aromatic rings. The molecule has 0 bridgehead atoms. The van der Waals surface area contributed by atoms with Gasteiger partial charge in [-0.25, -0.2) is 8.42 Å². The minimum Gasteiger partial charge on any atom is -0.399 e. The Morgan fingerprint density at radius 3 is 2.59 bits per heavy atom. The third-order valence-electron chi connectivity index (χ3n) is 1.94. The maximum Gasteiger partial charge on any atom is 0.251 e. The van der Waals surface area contributed by atoms with E-state index in [1.807, 2.05) is 0 Å². The third-order valence-corrected chi connectivity index (χ3v) is 3.34. The van der Waals surface area contributed by atoms with Crippen LogP contribution >= 0.6 is 15.9 Å². The first-order valence-electron chi connectivity index (χ1n) is 4.80. The number of benzene rings is 1. The molecule has 0 heterocycles. The van der Waals surface area contributed by atoms with Crippen molar-refractivity contribution < 1.29 is 13.2 Å². The van der Waals surface area contributed by atoms with Crippen molar-refractivity contribution in [3.8, 4) is 0 Å². The second kappa shape index (κ2) is 5.50. The molecule has 5 nitrogen and oxygen atoms in total. The molecule has 0 aliphatic heterocycles. The molecule has 1 rings (SSSR count). The lowest BCUT2D eigenvalue weighted by Gasteiger charge is -2.05. The Hall–Kier alpha value is -1.08. The Balaban J connectivity index is 2.64. The number of hydrogen-bond donors (Lipinski definition) is 2. The maximum atomic E-state index is 11.7. The SMILES string of the molecule is CS(=O)(=O)CCNC(=O)c1cc(N)cc(Br)c1. The van der Waals surface area contributed by atoms with Crippen molar-refractivity contribution in [2.45, 2.75) is 0 Å². The van der Waals surface area contributed by atoms with E-state index in [1.165, 1.54) is 6.07 Å². The Morgan fingerprint density at radius 2 is 2.06 bits per heavy atom. The average Bonchev–Trinajstić information content (AvgIpc) is 2.13. The van der Waals surface area contributed by atoms with E-state index in [4.69, 9.17) is 5.73 Å². The highest BCUT2D eigenvalue weighted by molar-refractivity contribution is 9.10. The highest BCUT2D eigenvalue weighted by Gasteiger charge is 2.08. The van der Waals surface area contributed by atoms with Crippen LogP contribution in [-0.2, 0) is 9.84 Å². The standard InChI is InChI=1S/C10H13BrN2O3S/c1-17(15,16)3-2-13-10(14)7-4-8(11)6-9(12)5-7/h4-6H,2-3,12H2,1H3,(H,13,14). The second-order valence-electron chi connectivity index (χ2n) is 3.66. The van der Waals surface area contributed by atoms with Gasteiger partial charge < -0.3 is 11.1 Å². The summed E-state index contributed by atoms with van der Waals surface area (Å²) in [5, 5.41) is 2.52. The molecular weight excluding hydrogens is 308 g/mol. The molecule has 1 aromatic carbocycles. The van der Waals surface area contributed by atoms with Crippen LogP contribution in [0.4, 0.5) is 5.69 Å². The summed E-state index contributed by atoms with van der Waals surface area (Å²) >= 11 is 3.23. The second-order valence-corrected chi connectivity index (χ2v) is 6.83. The molecule has 0 spiro atoms. The lowest BCUT2D eigenvalue weighted by Crippen LogP contribution is -2.28. The van der Waals surface area contributed by atoms with E-state index in [9.17, 15) is 13.2 Å². The Morgan fingerprint density at radius 1 is 1.41 bits per heavy atom. The fourth-order valence-electron chi connectivity index (χ4n) is 1.20. The van der Waals surface area contributed by atoms with Gasteiger partial charge in [-0.3, -0.25) is 4.79 Å². The van der Waals surface area contributed by atoms with Crippen molar-refractivity contribution in [2.24, 2.45) is 0 Å². The Bertz CT molecular complexity index is 508. The quantitative estimate of drug-likeness (QED) is 0.803. The van der Waals surface area contributed by atoms with Crippen molar-refractivity contribution in [3.05, 3.63) is 28.2 Å². The number of nitrogens with one attached hydrogen (secondary N) is 1. The molecule has 0 saturated carbocycles. The summed E-state index contributed by atoms with van der Waals surface area (Å²) in [5.41, 5.74) is 6.45. The van der Waals surface area contributed by atoms with Crippen LogP contribution in [0.3, 0.4) is 0 Å². The molecule has 0 aliphatic rings. The van der Waals surface area contributed by atoms with Crippen molar-refractivity contribution in [1.29, 1.82) is 0 Å². The van der Waals surface area contributed by atoms with Crippen molar-refractivity contribution in [1.82, 2.24) is 5.32 Å². The molecular formula is C10H13BrN2O3S. The Labute approximate surface area is 108 Å². The number of carbonyl (C=O) groups excluding carboxylic acids is 1. The maximum absolute atomic E-state index is 11.7. The van der Waals surface area contributed by atoms with Crippen LogP contribution in [0.2, 0.25) is 0 Å². The third kappa shape index (κ3) is 5.18. The van der Waals surface area contributed by atoms with E-state index in [1.54, 1.807) is 12.1 Å². The van der Waals surface area contributed by atoms with Gasteiger partial charge >= 0.3 is 0 Å². The number of halogens is 1. The van der Waals surface area contributed by atoms with Gasteiger partial charge in [-0.15, -0.1) is 0 Å². The van der Waals surface area contributed by atoms with Crippen LogP contribution in [0.5, 0.6) is 0 Å². The topological polar surface area (TPSA) is 89.3 Å². The molecule has 0 aliphatic carbocycles. The molecule has 0 atom stereocenters. The number of nitrogen functional groups attached to an aromatic ring is 1. The van der Waals surface area contributed by atoms with Gasteiger partial charge in [0, 0.05) is 28.5 Å². The lowest BCUT2D eigenvalue weighted by atomic mass is 10.2. The largest absolute Gasteiger partial charge is 0.399 e. The molecule has 0 saturated heterocycles. The summed E-state index contributed by atoms with van der Waals surface area (Å²) in [5.74, 6) is -0.427. The first kappa shape index (κ1) is 14.0. The minimum absolute atomic E-state index is 0.0811. The molecule has 1 amide bonds. The van der Waals surface area contributed by atoms with Crippen LogP contribution in [0.15, 0.2) is 22.7 Å². The first-order valence-corrected chi connectivity index (χ1v) is 7.65. The molecule has 0 radical (unpaired) electrons.